The third-order valence-electron chi connectivity index (χ3n) is 4.13. The summed E-state index contributed by atoms with van der Waals surface area (Å²) in [5, 5.41) is 0. The Morgan fingerprint density at radius 1 is 1.00 bits per heavy atom. The molecule has 0 radical (unpaired) electrons. The third-order valence-corrected chi connectivity index (χ3v) is 4.13. The zero-order valence-electron chi connectivity index (χ0n) is 13.1. The van der Waals surface area contributed by atoms with Crippen LogP contribution in [-0.4, -0.2) is 36.3 Å². The molecule has 0 bridgehead atoms. The molecule has 116 valence electrons. The minimum absolute atomic E-state index is 0.0116. The molecule has 0 aromatic heterocycles. The second-order valence-corrected chi connectivity index (χ2v) is 6.37. The summed E-state index contributed by atoms with van der Waals surface area (Å²) >= 11 is 0. The number of rotatable bonds is 3. The van der Waals surface area contributed by atoms with Gasteiger partial charge in [-0.2, -0.15) is 0 Å². The van der Waals surface area contributed by atoms with Crippen LogP contribution < -0.4 is 0 Å². The molecular formula is C17H24O4. The van der Waals surface area contributed by atoms with Crippen molar-refractivity contribution in [2.45, 2.75) is 70.6 Å². The molecular weight excluding hydrogens is 268 g/mol. The molecule has 0 saturated carbocycles. The Kier molecular flexibility index (Phi) is 4.06. The molecule has 3 rings (SSSR count). The molecule has 2 saturated heterocycles. The van der Waals surface area contributed by atoms with Crippen molar-refractivity contribution < 1.29 is 18.9 Å². The normalized spacial score (nSPS) is 38.2. The molecule has 0 N–H and O–H groups in total. The maximum absolute atomic E-state index is 6.11. The van der Waals surface area contributed by atoms with Gasteiger partial charge in [0.05, 0.1) is 18.8 Å². The fourth-order valence-corrected chi connectivity index (χ4v) is 3.19. The van der Waals surface area contributed by atoms with E-state index in [2.05, 4.69) is 12.1 Å². The predicted molar refractivity (Wildman–Crippen MR) is 78.9 cm³/mol. The smallest absolute Gasteiger partial charge is 0.164 e. The van der Waals surface area contributed by atoms with E-state index in [9.17, 15) is 0 Å². The summed E-state index contributed by atoms with van der Waals surface area (Å²) in [6.45, 7) is 8.51. The SMILES string of the molecule is CC1O[C@@H](C)C2OC(C)(C)O[C@H]2[C@H]1OCc1ccccc1. The van der Waals surface area contributed by atoms with Crippen LogP contribution in [0.15, 0.2) is 30.3 Å². The molecule has 0 amide bonds. The van der Waals surface area contributed by atoms with Crippen LogP contribution in [0, 0.1) is 0 Å². The molecule has 2 aliphatic heterocycles. The van der Waals surface area contributed by atoms with Gasteiger partial charge >= 0.3 is 0 Å². The maximum atomic E-state index is 6.11. The van der Waals surface area contributed by atoms with Crippen LogP contribution >= 0.6 is 0 Å². The molecule has 2 aliphatic rings. The van der Waals surface area contributed by atoms with E-state index in [4.69, 9.17) is 18.9 Å². The Bertz CT molecular complexity index is 473. The van der Waals surface area contributed by atoms with Crippen LogP contribution in [0.5, 0.6) is 0 Å². The summed E-state index contributed by atoms with van der Waals surface area (Å²) < 4.78 is 24.1. The van der Waals surface area contributed by atoms with Gasteiger partial charge in [-0.25, -0.2) is 0 Å². The Labute approximate surface area is 126 Å². The lowest BCUT2D eigenvalue weighted by molar-refractivity contribution is -0.197. The lowest BCUT2D eigenvalue weighted by Gasteiger charge is -2.39. The van der Waals surface area contributed by atoms with Crippen molar-refractivity contribution in [3.05, 3.63) is 35.9 Å². The van der Waals surface area contributed by atoms with E-state index in [0.717, 1.165) is 5.56 Å². The first kappa shape index (κ1) is 15.0. The largest absolute Gasteiger partial charge is 0.370 e. The average Bonchev–Trinajstić information content (AvgIpc) is 2.76. The van der Waals surface area contributed by atoms with Crippen molar-refractivity contribution in [2.24, 2.45) is 0 Å². The highest BCUT2D eigenvalue weighted by molar-refractivity contribution is 5.13. The van der Waals surface area contributed by atoms with E-state index in [1.165, 1.54) is 0 Å². The molecule has 1 aromatic rings. The highest BCUT2D eigenvalue weighted by Crippen LogP contribution is 2.38. The van der Waals surface area contributed by atoms with E-state index >= 15 is 0 Å². The zero-order chi connectivity index (χ0) is 15.0. The van der Waals surface area contributed by atoms with Crippen LogP contribution in [0.2, 0.25) is 0 Å². The summed E-state index contributed by atoms with van der Waals surface area (Å²) in [6, 6.07) is 10.2. The molecule has 2 heterocycles. The van der Waals surface area contributed by atoms with E-state index in [0.29, 0.717) is 6.61 Å². The van der Waals surface area contributed by atoms with Crippen LogP contribution in [0.25, 0.3) is 0 Å². The number of fused-ring (bicyclic) bond motifs is 1. The van der Waals surface area contributed by atoms with Gasteiger partial charge in [0, 0.05) is 0 Å². The maximum Gasteiger partial charge on any atom is 0.164 e. The molecule has 2 unspecified atom stereocenters. The topological polar surface area (TPSA) is 36.9 Å². The first-order chi connectivity index (χ1) is 9.96. The van der Waals surface area contributed by atoms with E-state index in [-0.39, 0.29) is 30.5 Å². The fraction of sp³-hybridized carbons (Fsp3) is 0.647. The summed E-state index contributed by atoms with van der Waals surface area (Å²) in [5.74, 6) is -0.578. The molecule has 21 heavy (non-hydrogen) atoms. The van der Waals surface area contributed by atoms with Gasteiger partial charge in [-0.1, -0.05) is 30.3 Å². The van der Waals surface area contributed by atoms with Gasteiger partial charge in [0.1, 0.15) is 18.3 Å². The highest BCUT2D eigenvalue weighted by Gasteiger charge is 2.53. The van der Waals surface area contributed by atoms with Gasteiger partial charge in [0.15, 0.2) is 5.79 Å². The Balaban J connectivity index is 1.71. The number of ether oxygens (including phenoxy) is 4. The Morgan fingerprint density at radius 3 is 2.38 bits per heavy atom. The van der Waals surface area contributed by atoms with Gasteiger partial charge in [-0.15, -0.1) is 0 Å². The predicted octanol–water partition coefficient (Wildman–Crippen LogP) is 2.90. The summed E-state index contributed by atoms with van der Waals surface area (Å²) in [5.41, 5.74) is 1.15. The lowest BCUT2D eigenvalue weighted by Crippen LogP contribution is -2.55. The van der Waals surface area contributed by atoms with Crippen molar-refractivity contribution in [1.29, 1.82) is 0 Å². The third kappa shape index (κ3) is 3.14. The minimum Gasteiger partial charge on any atom is -0.370 e. The zero-order valence-corrected chi connectivity index (χ0v) is 13.1. The van der Waals surface area contributed by atoms with Gasteiger partial charge in [-0.3, -0.25) is 0 Å². The molecule has 4 heteroatoms. The van der Waals surface area contributed by atoms with Crippen LogP contribution in [-0.2, 0) is 25.6 Å². The van der Waals surface area contributed by atoms with Crippen molar-refractivity contribution in [2.75, 3.05) is 0 Å². The van der Waals surface area contributed by atoms with Gasteiger partial charge in [0.2, 0.25) is 0 Å². The summed E-state index contributed by atoms with van der Waals surface area (Å²) in [4.78, 5) is 0. The number of hydrogen-bond donors (Lipinski definition) is 0. The van der Waals surface area contributed by atoms with Crippen molar-refractivity contribution in [1.82, 2.24) is 0 Å². The summed E-state index contributed by atoms with van der Waals surface area (Å²) in [7, 11) is 0. The monoisotopic (exact) mass is 292 g/mol. The quantitative estimate of drug-likeness (QED) is 0.858. The average molecular weight is 292 g/mol. The lowest BCUT2D eigenvalue weighted by atomic mass is 9.96. The fourth-order valence-electron chi connectivity index (χ4n) is 3.19. The highest BCUT2D eigenvalue weighted by atomic mass is 16.8. The van der Waals surface area contributed by atoms with Crippen LogP contribution in [0.3, 0.4) is 0 Å². The molecule has 2 fully saturated rings. The Hall–Kier alpha value is -0.940. The standard InChI is InChI=1S/C17H24O4/c1-11-14(18-10-13-8-6-5-7-9-13)16-15(12(2)19-11)20-17(3,4)21-16/h5-9,11-12,14-16H,10H2,1-4H3/t11?,12-,14-,15?,16-/m0/s1. The molecule has 4 nitrogen and oxygen atoms in total. The van der Waals surface area contributed by atoms with Crippen LogP contribution in [0.1, 0.15) is 33.3 Å². The van der Waals surface area contributed by atoms with Crippen molar-refractivity contribution in [3.63, 3.8) is 0 Å². The molecule has 5 atom stereocenters. The Morgan fingerprint density at radius 2 is 1.67 bits per heavy atom. The van der Waals surface area contributed by atoms with Gasteiger partial charge < -0.3 is 18.9 Å². The number of benzene rings is 1. The molecule has 0 aliphatic carbocycles. The van der Waals surface area contributed by atoms with Crippen molar-refractivity contribution in [3.8, 4) is 0 Å². The second kappa shape index (κ2) is 5.69. The van der Waals surface area contributed by atoms with Gasteiger partial charge in [-0.05, 0) is 33.3 Å². The second-order valence-electron chi connectivity index (χ2n) is 6.37. The van der Waals surface area contributed by atoms with Crippen molar-refractivity contribution >= 4 is 0 Å². The first-order valence-electron chi connectivity index (χ1n) is 7.63. The van der Waals surface area contributed by atoms with E-state index in [1.54, 1.807) is 0 Å². The number of hydrogen-bond acceptors (Lipinski definition) is 4. The molecule has 1 aromatic carbocycles. The molecule has 0 spiro atoms. The van der Waals surface area contributed by atoms with Crippen LogP contribution in [0.4, 0.5) is 0 Å². The minimum atomic E-state index is -0.578. The first-order valence-corrected chi connectivity index (χ1v) is 7.63. The van der Waals surface area contributed by atoms with E-state index in [1.807, 2.05) is 45.9 Å². The van der Waals surface area contributed by atoms with Gasteiger partial charge in [0.25, 0.3) is 0 Å². The van der Waals surface area contributed by atoms with E-state index < -0.39 is 5.79 Å². The summed E-state index contributed by atoms with van der Waals surface area (Å²) in [6.07, 6.45) is -0.265.